The van der Waals surface area contributed by atoms with E-state index in [4.69, 9.17) is 15.3 Å². The van der Waals surface area contributed by atoms with Crippen LogP contribution in [-0.2, 0) is 4.74 Å². The summed E-state index contributed by atoms with van der Waals surface area (Å²) in [7, 11) is 0. The largest absolute Gasteiger partial charge is 0.508 e. The minimum atomic E-state index is -0.571. The first-order valence-electron chi connectivity index (χ1n) is 3.30. The Balaban J connectivity index is 4.48. The highest BCUT2D eigenvalue weighted by atomic mass is 16.7. The van der Waals surface area contributed by atoms with Crippen LogP contribution in [0.5, 0.6) is 0 Å². The number of ether oxygens (including phenoxy) is 1. The van der Waals surface area contributed by atoms with E-state index in [2.05, 4.69) is 11.3 Å². The molecule has 0 atom stereocenters. The normalized spacial score (nSPS) is 13.7. The number of aliphatic hydroxyl groups is 3. The Hall–Kier alpha value is -1.58. The Morgan fingerprint density at radius 3 is 2.17 bits per heavy atom. The number of hydrogen-bond donors (Lipinski definition) is 3. The predicted molar refractivity (Wildman–Crippen MR) is 44.6 cm³/mol. The lowest BCUT2D eigenvalue weighted by atomic mass is 10.3. The van der Waals surface area contributed by atoms with E-state index < -0.39 is 11.9 Å². The maximum atomic E-state index is 9.03. The van der Waals surface area contributed by atoms with Gasteiger partial charge in [0.2, 0.25) is 0 Å². The fourth-order valence-corrected chi connectivity index (χ4v) is 0.358. The van der Waals surface area contributed by atoms with Crippen molar-refractivity contribution >= 4 is 0 Å². The van der Waals surface area contributed by atoms with Gasteiger partial charge in [-0.2, -0.15) is 0 Å². The molecule has 0 saturated carbocycles. The highest BCUT2D eigenvalue weighted by Gasteiger charge is 2.05. The molecule has 0 unspecified atom stereocenters. The van der Waals surface area contributed by atoms with Crippen LogP contribution in [0.1, 0.15) is 13.8 Å². The molecule has 0 aromatic rings. The van der Waals surface area contributed by atoms with Gasteiger partial charge < -0.3 is 20.1 Å². The van der Waals surface area contributed by atoms with Crippen LogP contribution < -0.4 is 0 Å². The standard InChI is InChI=1S/C8H12O4/c1-4-7(10)12-8(11)5(2)6(3)9/h4,9-11H,3H2,1-2H3/b7-4+,8-5-. The molecule has 68 valence electrons. The average Bonchev–Trinajstić information content (AvgIpc) is 2.02. The summed E-state index contributed by atoms with van der Waals surface area (Å²) in [4.78, 5) is 0. The van der Waals surface area contributed by atoms with Gasteiger partial charge >= 0.3 is 0 Å². The summed E-state index contributed by atoms with van der Waals surface area (Å²) in [6.07, 6.45) is 1.25. The zero-order valence-electron chi connectivity index (χ0n) is 7.03. The Labute approximate surface area is 70.7 Å². The van der Waals surface area contributed by atoms with Crippen LogP contribution >= 0.6 is 0 Å². The van der Waals surface area contributed by atoms with Crippen molar-refractivity contribution in [3.63, 3.8) is 0 Å². The van der Waals surface area contributed by atoms with Gasteiger partial charge in [-0.3, -0.25) is 0 Å². The van der Waals surface area contributed by atoms with Gasteiger partial charge in [-0.25, -0.2) is 0 Å². The topological polar surface area (TPSA) is 69.9 Å². The van der Waals surface area contributed by atoms with E-state index in [-0.39, 0.29) is 11.3 Å². The molecule has 4 heteroatoms. The van der Waals surface area contributed by atoms with Crippen molar-refractivity contribution in [2.24, 2.45) is 0 Å². The van der Waals surface area contributed by atoms with Crippen LogP contribution in [0, 0.1) is 0 Å². The summed E-state index contributed by atoms with van der Waals surface area (Å²) in [6.45, 7) is 6.10. The molecule has 0 aliphatic carbocycles. The van der Waals surface area contributed by atoms with E-state index in [1.165, 1.54) is 19.9 Å². The van der Waals surface area contributed by atoms with E-state index in [9.17, 15) is 0 Å². The maximum Gasteiger partial charge on any atom is 0.291 e. The number of hydrogen-bond acceptors (Lipinski definition) is 4. The first kappa shape index (κ1) is 10.4. The summed E-state index contributed by atoms with van der Waals surface area (Å²) < 4.78 is 4.45. The van der Waals surface area contributed by atoms with Gasteiger partial charge in [-0.1, -0.05) is 6.58 Å². The van der Waals surface area contributed by atoms with Gasteiger partial charge in [0, 0.05) is 0 Å². The third-order valence-corrected chi connectivity index (χ3v) is 1.20. The quantitative estimate of drug-likeness (QED) is 0.451. The van der Waals surface area contributed by atoms with Crippen LogP contribution in [0.25, 0.3) is 0 Å². The predicted octanol–water partition coefficient (Wildman–Crippen LogP) is 2.28. The molecular formula is C8H12O4. The van der Waals surface area contributed by atoms with Gasteiger partial charge in [-0.05, 0) is 19.9 Å². The number of aliphatic hydroxyl groups excluding tert-OH is 3. The van der Waals surface area contributed by atoms with Crippen LogP contribution in [-0.4, -0.2) is 15.3 Å². The van der Waals surface area contributed by atoms with Crippen molar-refractivity contribution in [2.75, 3.05) is 0 Å². The lowest BCUT2D eigenvalue weighted by Crippen LogP contribution is -1.96. The van der Waals surface area contributed by atoms with Crippen molar-refractivity contribution in [3.8, 4) is 0 Å². The average molecular weight is 172 g/mol. The molecule has 0 amide bonds. The summed E-state index contributed by atoms with van der Waals surface area (Å²) in [5.41, 5.74) is 0.0726. The first-order valence-corrected chi connectivity index (χ1v) is 3.30. The van der Waals surface area contributed by atoms with Crippen molar-refractivity contribution in [1.29, 1.82) is 0 Å². The summed E-state index contributed by atoms with van der Waals surface area (Å²) in [6, 6.07) is 0. The van der Waals surface area contributed by atoms with Crippen molar-refractivity contribution in [3.05, 3.63) is 35.9 Å². The van der Waals surface area contributed by atoms with E-state index in [1.807, 2.05) is 0 Å². The van der Waals surface area contributed by atoms with E-state index in [0.717, 1.165) is 0 Å². The molecule has 0 aliphatic rings. The van der Waals surface area contributed by atoms with Gasteiger partial charge in [0.25, 0.3) is 11.9 Å². The van der Waals surface area contributed by atoms with Crippen LogP contribution in [0.3, 0.4) is 0 Å². The number of allylic oxidation sites excluding steroid dienone is 2. The van der Waals surface area contributed by atoms with Crippen molar-refractivity contribution in [1.82, 2.24) is 0 Å². The highest BCUT2D eigenvalue weighted by Crippen LogP contribution is 2.11. The van der Waals surface area contributed by atoms with Crippen LogP contribution in [0.4, 0.5) is 0 Å². The molecule has 0 heterocycles. The molecule has 3 N–H and O–H groups in total. The summed E-state index contributed by atoms with van der Waals surface area (Å²) in [5, 5.41) is 26.6. The van der Waals surface area contributed by atoms with E-state index in [0.29, 0.717) is 0 Å². The monoisotopic (exact) mass is 172 g/mol. The molecule has 0 fully saturated rings. The SMILES string of the molecule is C=C(O)/C(C)=C(/O)O/C(O)=C/C. The van der Waals surface area contributed by atoms with E-state index in [1.54, 1.807) is 0 Å². The molecule has 0 rings (SSSR count). The molecule has 12 heavy (non-hydrogen) atoms. The van der Waals surface area contributed by atoms with Crippen molar-refractivity contribution in [2.45, 2.75) is 13.8 Å². The first-order chi connectivity index (χ1) is 5.49. The molecule has 0 aliphatic heterocycles. The minimum Gasteiger partial charge on any atom is -0.508 e. The Morgan fingerprint density at radius 1 is 1.33 bits per heavy atom. The lowest BCUT2D eigenvalue weighted by Gasteiger charge is -2.04. The van der Waals surface area contributed by atoms with Crippen molar-refractivity contribution < 1.29 is 20.1 Å². The van der Waals surface area contributed by atoms with Gasteiger partial charge in [0.1, 0.15) is 5.76 Å². The number of rotatable bonds is 3. The maximum absolute atomic E-state index is 9.03. The second-order valence-electron chi connectivity index (χ2n) is 2.11. The Morgan fingerprint density at radius 2 is 1.83 bits per heavy atom. The zero-order valence-corrected chi connectivity index (χ0v) is 7.03. The Kier molecular flexibility index (Phi) is 3.76. The zero-order chi connectivity index (χ0) is 9.72. The third kappa shape index (κ3) is 3.01. The third-order valence-electron chi connectivity index (χ3n) is 1.20. The minimum absolute atomic E-state index is 0.0726. The molecule has 0 aromatic heterocycles. The second kappa shape index (κ2) is 4.33. The molecule has 0 bridgehead atoms. The van der Waals surface area contributed by atoms with Gasteiger partial charge in [-0.15, -0.1) is 0 Å². The molecule has 0 aromatic carbocycles. The van der Waals surface area contributed by atoms with Crippen LogP contribution in [0.15, 0.2) is 35.9 Å². The molecule has 0 radical (unpaired) electrons. The smallest absolute Gasteiger partial charge is 0.291 e. The molecule has 0 saturated heterocycles. The molecule has 4 nitrogen and oxygen atoms in total. The summed E-state index contributed by atoms with van der Waals surface area (Å²) >= 11 is 0. The van der Waals surface area contributed by atoms with Crippen LogP contribution in [0.2, 0.25) is 0 Å². The summed E-state index contributed by atoms with van der Waals surface area (Å²) in [5.74, 6) is -1.32. The lowest BCUT2D eigenvalue weighted by molar-refractivity contribution is 0.0640. The highest BCUT2D eigenvalue weighted by molar-refractivity contribution is 5.20. The fourth-order valence-electron chi connectivity index (χ4n) is 0.358. The molecule has 0 spiro atoms. The fraction of sp³-hybridized carbons (Fsp3) is 0.250. The van der Waals surface area contributed by atoms with E-state index >= 15 is 0 Å². The molecular weight excluding hydrogens is 160 g/mol. The van der Waals surface area contributed by atoms with Gasteiger partial charge in [0.05, 0.1) is 5.57 Å². The Bertz CT molecular complexity index is 237. The second-order valence-corrected chi connectivity index (χ2v) is 2.11. The van der Waals surface area contributed by atoms with Gasteiger partial charge in [0.15, 0.2) is 0 Å².